The maximum absolute atomic E-state index is 12.1. The molecule has 1 N–H and O–H groups in total. The number of Topliss-reactive ketones (excluding diaryl/α,β-unsaturated/α-hetero) is 1. The first-order chi connectivity index (χ1) is 14.1. The number of hydrogen-bond acceptors (Lipinski definition) is 6. The van der Waals surface area contributed by atoms with Crippen molar-refractivity contribution < 1.29 is 28.8 Å². The Labute approximate surface area is 171 Å². The molecule has 1 fully saturated rings. The first-order valence-corrected chi connectivity index (χ1v) is 9.82. The molecule has 1 heterocycles. The highest BCUT2D eigenvalue weighted by Crippen LogP contribution is 2.39. The van der Waals surface area contributed by atoms with Crippen molar-refractivity contribution in [3.63, 3.8) is 0 Å². The van der Waals surface area contributed by atoms with Crippen molar-refractivity contribution in [1.29, 1.82) is 0 Å². The van der Waals surface area contributed by atoms with Gasteiger partial charge in [0.25, 0.3) is 0 Å². The summed E-state index contributed by atoms with van der Waals surface area (Å²) in [6, 6.07) is 11.8. The molecule has 156 valence electrons. The summed E-state index contributed by atoms with van der Waals surface area (Å²) in [6.45, 7) is 2.40. The van der Waals surface area contributed by atoms with Crippen LogP contribution in [0.15, 0.2) is 36.4 Å². The molecule has 2 aromatic carbocycles. The minimum Gasteiger partial charge on any atom is -0.496 e. The van der Waals surface area contributed by atoms with Crippen LogP contribution in [0.25, 0.3) is 0 Å². The second kappa shape index (κ2) is 9.76. The van der Waals surface area contributed by atoms with Crippen molar-refractivity contribution in [2.45, 2.75) is 38.4 Å². The standard InChI is InChI=1S/C23H28O6/c1-4-28-18-7-5-15(6-8-18)9-16-10-20(22(27-3)13-21(16)26-2)23-12-17(25)11-19(14-24)29-23/h5-8,10,13,19,23-24H,4,9,11-12,14H2,1-3H3. The normalized spacial score (nSPS) is 19.1. The Morgan fingerprint density at radius 1 is 1.07 bits per heavy atom. The summed E-state index contributed by atoms with van der Waals surface area (Å²) in [5.74, 6) is 2.23. The van der Waals surface area contributed by atoms with Gasteiger partial charge in [-0.1, -0.05) is 12.1 Å². The number of carbonyl (C=O) groups is 1. The number of ether oxygens (including phenoxy) is 4. The number of rotatable bonds is 8. The lowest BCUT2D eigenvalue weighted by Gasteiger charge is -2.30. The zero-order chi connectivity index (χ0) is 20.8. The van der Waals surface area contributed by atoms with E-state index < -0.39 is 12.2 Å². The largest absolute Gasteiger partial charge is 0.496 e. The van der Waals surface area contributed by atoms with E-state index in [9.17, 15) is 9.90 Å². The van der Waals surface area contributed by atoms with Gasteiger partial charge in [-0.05, 0) is 36.2 Å². The highest BCUT2D eigenvalue weighted by Gasteiger charge is 2.31. The summed E-state index contributed by atoms with van der Waals surface area (Å²) in [6.07, 6.45) is 0.221. The number of aliphatic hydroxyl groups excluding tert-OH is 1. The maximum Gasteiger partial charge on any atom is 0.138 e. The van der Waals surface area contributed by atoms with Gasteiger partial charge in [0.2, 0.25) is 0 Å². The third-order valence-electron chi connectivity index (χ3n) is 5.04. The first kappa shape index (κ1) is 21.1. The third kappa shape index (κ3) is 5.08. The Bertz CT molecular complexity index is 830. The molecule has 1 aliphatic heterocycles. The Morgan fingerprint density at radius 2 is 1.79 bits per heavy atom. The molecule has 0 amide bonds. The molecule has 6 nitrogen and oxygen atoms in total. The fourth-order valence-electron chi connectivity index (χ4n) is 3.64. The minimum absolute atomic E-state index is 0.0752. The van der Waals surface area contributed by atoms with E-state index in [1.54, 1.807) is 14.2 Å². The molecule has 1 aliphatic rings. The van der Waals surface area contributed by atoms with Gasteiger partial charge in [-0.2, -0.15) is 0 Å². The number of benzene rings is 2. The molecule has 2 atom stereocenters. The molecular weight excluding hydrogens is 372 g/mol. The Balaban J connectivity index is 1.92. The van der Waals surface area contributed by atoms with Crippen LogP contribution in [0, 0.1) is 0 Å². The zero-order valence-electron chi connectivity index (χ0n) is 17.1. The van der Waals surface area contributed by atoms with Crippen LogP contribution >= 0.6 is 0 Å². The van der Waals surface area contributed by atoms with Crippen molar-refractivity contribution in [2.75, 3.05) is 27.4 Å². The van der Waals surface area contributed by atoms with E-state index in [2.05, 4.69) is 0 Å². The molecule has 3 rings (SSSR count). The molecule has 29 heavy (non-hydrogen) atoms. The van der Waals surface area contributed by atoms with Crippen LogP contribution in [0.5, 0.6) is 17.2 Å². The number of ketones is 1. The molecule has 2 aromatic rings. The van der Waals surface area contributed by atoms with Gasteiger partial charge in [-0.15, -0.1) is 0 Å². The Hall–Kier alpha value is -2.57. The molecule has 0 aromatic heterocycles. The van der Waals surface area contributed by atoms with Crippen LogP contribution in [-0.2, 0) is 16.0 Å². The van der Waals surface area contributed by atoms with Crippen LogP contribution < -0.4 is 14.2 Å². The van der Waals surface area contributed by atoms with E-state index in [1.165, 1.54) is 0 Å². The fraction of sp³-hybridized carbons (Fsp3) is 0.435. The lowest BCUT2D eigenvalue weighted by Crippen LogP contribution is -2.31. The zero-order valence-corrected chi connectivity index (χ0v) is 17.1. The summed E-state index contributed by atoms with van der Waals surface area (Å²) in [5.41, 5.74) is 2.87. The number of hydrogen-bond donors (Lipinski definition) is 1. The average molecular weight is 400 g/mol. The quantitative estimate of drug-likeness (QED) is 0.731. The summed E-state index contributed by atoms with van der Waals surface area (Å²) < 4.78 is 22.6. The van der Waals surface area contributed by atoms with E-state index in [1.807, 2.05) is 43.3 Å². The summed E-state index contributed by atoms with van der Waals surface area (Å²) in [5, 5.41) is 9.45. The average Bonchev–Trinajstić information content (AvgIpc) is 2.74. The summed E-state index contributed by atoms with van der Waals surface area (Å²) >= 11 is 0. The maximum atomic E-state index is 12.1. The van der Waals surface area contributed by atoms with E-state index in [0.29, 0.717) is 24.5 Å². The molecule has 0 radical (unpaired) electrons. The Morgan fingerprint density at radius 3 is 2.41 bits per heavy atom. The van der Waals surface area contributed by atoms with Crippen molar-refractivity contribution in [3.05, 3.63) is 53.1 Å². The highest BCUT2D eigenvalue weighted by molar-refractivity contribution is 5.80. The topological polar surface area (TPSA) is 74.2 Å². The van der Waals surface area contributed by atoms with Gasteiger partial charge < -0.3 is 24.1 Å². The van der Waals surface area contributed by atoms with Gasteiger partial charge in [0.1, 0.15) is 23.0 Å². The smallest absolute Gasteiger partial charge is 0.138 e. The summed E-state index contributed by atoms with van der Waals surface area (Å²) in [4.78, 5) is 12.1. The molecule has 2 unspecified atom stereocenters. The fourth-order valence-corrected chi connectivity index (χ4v) is 3.64. The molecule has 0 bridgehead atoms. The number of aliphatic hydroxyl groups is 1. The van der Waals surface area contributed by atoms with Crippen LogP contribution in [0.3, 0.4) is 0 Å². The molecule has 0 aliphatic carbocycles. The molecule has 0 spiro atoms. The van der Waals surface area contributed by atoms with Crippen molar-refractivity contribution in [1.82, 2.24) is 0 Å². The second-order valence-electron chi connectivity index (χ2n) is 7.04. The van der Waals surface area contributed by atoms with Gasteiger partial charge in [0.05, 0.1) is 39.6 Å². The van der Waals surface area contributed by atoms with Crippen molar-refractivity contribution >= 4 is 5.78 Å². The lowest BCUT2D eigenvalue weighted by molar-refractivity contribution is -0.139. The SMILES string of the molecule is CCOc1ccc(Cc2cc(C3CC(=O)CC(CO)O3)c(OC)cc2OC)cc1. The van der Waals surface area contributed by atoms with Crippen LogP contribution in [0.4, 0.5) is 0 Å². The van der Waals surface area contributed by atoms with E-state index in [4.69, 9.17) is 18.9 Å². The number of methoxy groups -OCH3 is 2. The van der Waals surface area contributed by atoms with Gasteiger partial charge in [0, 0.05) is 30.9 Å². The molecule has 0 saturated carbocycles. The van der Waals surface area contributed by atoms with E-state index in [-0.39, 0.29) is 25.2 Å². The van der Waals surface area contributed by atoms with Crippen LogP contribution in [0.2, 0.25) is 0 Å². The van der Waals surface area contributed by atoms with Gasteiger partial charge in [-0.25, -0.2) is 0 Å². The first-order valence-electron chi connectivity index (χ1n) is 9.82. The van der Waals surface area contributed by atoms with Crippen LogP contribution in [0.1, 0.15) is 42.6 Å². The Kier molecular flexibility index (Phi) is 7.12. The summed E-state index contributed by atoms with van der Waals surface area (Å²) in [7, 11) is 3.21. The van der Waals surface area contributed by atoms with Crippen molar-refractivity contribution in [2.24, 2.45) is 0 Å². The third-order valence-corrected chi connectivity index (χ3v) is 5.04. The van der Waals surface area contributed by atoms with E-state index >= 15 is 0 Å². The minimum atomic E-state index is -0.484. The molecular formula is C23H28O6. The predicted molar refractivity (Wildman–Crippen MR) is 109 cm³/mol. The van der Waals surface area contributed by atoms with Gasteiger partial charge >= 0.3 is 0 Å². The number of carbonyl (C=O) groups excluding carboxylic acids is 1. The van der Waals surface area contributed by atoms with Gasteiger partial charge in [-0.3, -0.25) is 4.79 Å². The van der Waals surface area contributed by atoms with E-state index in [0.717, 1.165) is 22.4 Å². The monoisotopic (exact) mass is 400 g/mol. The molecule has 6 heteroatoms. The lowest BCUT2D eigenvalue weighted by atomic mass is 9.93. The predicted octanol–water partition coefficient (Wildman–Crippen LogP) is 3.47. The molecule has 1 saturated heterocycles. The second-order valence-corrected chi connectivity index (χ2v) is 7.04. The van der Waals surface area contributed by atoms with Crippen LogP contribution in [-0.4, -0.2) is 44.4 Å². The van der Waals surface area contributed by atoms with Crippen molar-refractivity contribution in [3.8, 4) is 17.2 Å². The van der Waals surface area contributed by atoms with Gasteiger partial charge in [0.15, 0.2) is 0 Å². The highest BCUT2D eigenvalue weighted by atomic mass is 16.5.